The van der Waals surface area contributed by atoms with Gasteiger partial charge in [0.25, 0.3) is 0 Å². The number of nitrogens with zero attached hydrogens (tertiary/aromatic N) is 1. The fourth-order valence-corrected chi connectivity index (χ4v) is 4.66. The average molecular weight is 568 g/mol. The number of hydrogen-bond donors (Lipinski definition) is 7. The highest BCUT2D eigenvalue weighted by Crippen LogP contribution is 2.19. The molecule has 0 fully saturated rings. The van der Waals surface area contributed by atoms with E-state index in [4.69, 9.17) is 5.73 Å². The monoisotopic (exact) mass is 567 g/mol. The summed E-state index contributed by atoms with van der Waals surface area (Å²) in [5, 5.41) is 18.9. The van der Waals surface area contributed by atoms with Crippen molar-refractivity contribution in [2.24, 2.45) is 17.6 Å². The SMILES string of the molecule is CCC(C)C(NC(=O)C(Cc1cnc[nH]1)NC(=O)C(N)CC(C)C)C(=O)NC(Cc1c[nH]c2ccccc12)C(=O)O. The second-order valence-electron chi connectivity index (χ2n) is 10.9. The van der Waals surface area contributed by atoms with E-state index in [1.807, 2.05) is 45.0 Å². The largest absolute Gasteiger partial charge is 0.480 e. The van der Waals surface area contributed by atoms with Crippen LogP contribution in [0.15, 0.2) is 43.0 Å². The Hall–Kier alpha value is -4.19. The van der Waals surface area contributed by atoms with Crippen LogP contribution in [0.3, 0.4) is 0 Å². The molecule has 8 N–H and O–H groups in total. The van der Waals surface area contributed by atoms with Gasteiger partial charge >= 0.3 is 5.97 Å². The number of benzene rings is 1. The maximum atomic E-state index is 13.5. The highest BCUT2D eigenvalue weighted by molar-refractivity contribution is 5.94. The number of carboxylic acids is 1. The molecular weight excluding hydrogens is 526 g/mol. The van der Waals surface area contributed by atoms with Crippen LogP contribution in [0.4, 0.5) is 0 Å². The molecule has 5 atom stereocenters. The molecule has 0 aliphatic carbocycles. The number of carbonyl (C=O) groups is 4. The van der Waals surface area contributed by atoms with Crippen LogP contribution in [-0.2, 0) is 32.0 Å². The number of hydrogen-bond acceptors (Lipinski definition) is 6. The van der Waals surface area contributed by atoms with Gasteiger partial charge in [0.15, 0.2) is 0 Å². The van der Waals surface area contributed by atoms with Crippen LogP contribution in [0.5, 0.6) is 0 Å². The summed E-state index contributed by atoms with van der Waals surface area (Å²) in [4.78, 5) is 61.9. The molecule has 5 unspecified atom stereocenters. The van der Waals surface area contributed by atoms with Gasteiger partial charge in [-0.1, -0.05) is 52.3 Å². The lowest BCUT2D eigenvalue weighted by Crippen LogP contribution is -2.59. The van der Waals surface area contributed by atoms with E-state index in [2.05, 4.69) is 30.9 Å². The summed E-state index contributed by atoms with van der Waals surface area (Å²) < 4.78 is 0. The molecule has 2 heterocycles. The zero-order valence-corrected chi connectivity index (χ0v) is 23.9. The lowest BCUT2D eigenvalue weighted by molar-refractivity contribution is -0.142. The van der Waals surface area contributed by atoms with Crippen molar-refractivity contribution in [1.82, 2.24) is 30.9 Å². The number of fused-ring (bicyclic) bond motifs is 1. The fraction of sp³-hybridized carbons (Fsp3) is 0.483. The quantitative estimate of drug-likeness (QED) is 0.145. The summed E-state index contributed by atoms with van der Waals surface area (Å²) in [5.74, 6) is -3.03. The van der Waals surface area contributed by atoms with Crippen LogP contribution in [-0.4, -0.2) is 67.9 Å². The van der Waals surface area contributed by atoms with Crippen molar-refractivity contribution in [2.75, 3.05) is 0 Å². The maximum absolute atomic E-state index is 13.5. The molecule has 12 heteroatoms. The molecule has 3 aromatic rings. The molecule has 41 heavy (non-hydrogen) atoms. The molecule has 3 amide bonds. The molecule has 2 aromatic heterocycles. The molecular formula is C29H41N7O5. The number of rotatable bonds is 15. The van der Waals surface area contributed by atoms with Gasteiger partial charge in [0.05, 0.1) is 12.4 Å². The van der Waals surface area contributed by atoms with Crippen molar-refractivity contribution >= 4 is 34.6 Å². The first-order valence-corrected chi connectivity index (χ1v) is 13.9. The van der Waals surface area contributed by atoms with Crippen molar-refractivity contribution in [2.45, 2.75) is 77.5 Å². The smallest absolute Gasteiger partial charge is 0.326 e. The van der Waals surface area contributed by atoms with Gasteiger partial charge in [-0.05, 0) is 29.9 Å². The van der Waals surface area contributed by atoms with Gasteiger partial charge in [0.1, 0.15) is 18.1 Å². The predicted octanol–water partition coefficient (Wildman–Crippen LogP) is 1.63. The van der Waals surface area contributed by atoms with Crippen LogP contribution in [0.2, 0.25) is 0 Å². The number of carbonyl (C=O) groups excluding carboxylic acids is 3. The standard InChI is InChI=1S/C29H41N7O5/c1-5-17(4)25(28(39)35-24(29(40)41)11-18-13-32-22-9-7-6-8-20(18)22)36-27(38)23(12-19-14-31-15-33-19)34-26(37)21(30)10-16(2)3/h6-9,13-17,21,23-25,32H,5,10-12,30H2,1-4H3,(H,31,33)(H,34,37)(H,35,39)(H,36,38)(H,40,41). The first-order chi connectivity index (χ1) is 19.5. The number of para-hydroxylation sites is 1. The lowest BCUT2D eigenvalue weighted by atomic mass is 9.96. The molecule has 0 aliphatic heterocycles. The van der Waals surface area contributed by atoms with E-state index in [-0.39, 0.29) is 24.7 Å². The highest BCUT2D eigenvalue weighted by atomic mass is 16.4. The van der Waals surface area contributed by atoms with E-state index in [0.717, 1.165) is 16.5 Å². The molecule has 1 aromatic carbocycles. The number of aromatic nitrogens is 3. The molecule has 12 nitrogen and oxygen atoms in total. The van der Waals surface area contributed by atoms with Crippen LogP contribution >= 0.6 is 0 Å². The Balaban J connectivity index is 1.77. The summed E-state index contributed by atoms with van der Waals surface area (Å²) in [6.07, 6.45) is 5.86. The second kappa shape index (κ2) is 14.4. The van der Waals surface area contributed by atoms with Crippen molar-refractivity contribution < 1.29 is 24.3 Å². The molecule has 0 saturated heterocycles. The third-order valence-corrected chi connectivity index (χ3v) is 7.18. The van der Waals surface area contributed by atoms with Gasteiger partial charge in [0, 0.05) is 41.8 Å². The molecule has 0 saturated carbocycles. The average Bonchev–Trinajstić information content (AvgIpc) is 3.60. The Kier molecular flexibility index (Phi) is 11.0. The Labute approximate surface area is 239 Å². The molecule has 0 aliphatic rings. The van der Waals surface area contributed by atoms with Gasteiger partial charge in [-0.25, -0.2) is 9.78 Å². The van der Waals surface area contributed by atoms with Crippen molar-refractivity contribution in [3.63, 3.8) is 0 Å². The number of imidazole rings is 1. The van der Waals surface area contributed by atoms with Crippen molar-refractivity contribution in [3.05, 3.63) is 54.2 Å². The van der Waals surface area contributed by atoms with Gasteiger partial charge < -0.3 is 36.8 Å². The molecule has 0 spiro atoms. The highest BCUT2D eigenvalue weighted by Gasteiger charge is 2.33. The van der Waals surface area contributed by atoms with Crippen LogP contribution in [0.1, 0.15) is 51.8 Å². The predicted molar refractivity (Wildman–Crippen MR) is 155 cm³/mol. The zero-order valence-electron chi connectivity index (χ0n) is 23.9. The minimum absolute atomic E-state index is 0.0541. The number of nitrogens with two attached hydrogens (primary N) is 1. The van der Waals surface area contributed by atoms with E-state index in [1.165, 1.54) is 6.33 Å². The minimum atomic E-state index is -1.22. The molecule has 222 valence electrons. The number of aliphatic carboxylic acids is 1. The summed E-state index contributed by atoms with van der Waals surface area (Å²) in [6.45, 7) is 7.55. The number of H-pyrrole nitrogens is 2. The minimum Gasteiger partial charge on any atom is -0.480 e. The number of aromatic amines is 2. The van der Waals surface area contributed by atoms with Gasteiger partial charge in [0.2, 0.25) is 17.7 Å². The Morgan fingerprint density at radius 1 is 0.951 bits per heavy atom. The Morgan fingerprint density at radius 2 is 1.66 bits per heavy atom. The Morgan fingerprint density at radius 3 is 2.29 bits per heavy atom. The Bertz CT molecular complexity index is 1320. The van der Waals surface area contributed by atoms with E-state index < -0.39 is 47.9 Å². The van der Waals surface area contributed by atoms with E-state index in [9.17, 15) is 24.3 Å². The van der Waals surface area contributed by atoms with Crippen LogP contribution < -0.4 is 21.7 Å². The fourth-order valence-electron chi connectivity index (χ4n) is 4.66. The topological polar surface area (TPSA) is 195 Å². The van der Waals surface area contributed by atoms with Crippen molar-refractivity contribution in [3.8, 4) is 0 Å². The van der Waals surface area contributed by atoms with E-state index in [1.54, 1.807) is 19.3 Å². The first-order valence-electron chi connectivity index (χ1n) is 13.9. The summed E-state index contributed by atoms with van der Waals surface area (Å²) in [5.41, 5.74) is 8.26. The summed E-state index contributed by atoms with van der Waals surface area (Å²) in [6, 6.07) is 3.39. The van der Waals surface area contributed by atoms with E-state index >= 15 is 0 Å². The third kappa shape index (κ3) is 8.65. The first kappa shape index (κ1) is 31.3. The zero-order chi connectivity index (χ0) is 30.1. The number of nitrogens with one attached hydrogen (secondary N) is 5. The maximum Gasteiger partial charge on any atom is 0.326 e. The second-order valence-corrected chi connectivity index (χ2v) is 10.9. The number of carboxylic acid groups (broad SMARTS) is 1. The van der Waals surface area contributed by atoms with Gasteiger partial charge in [-0.2, -0.15) is 0 Å². The van der Waals surface area contributed by atoms with Crippen molar-refractivity contribution in [1.29, 1.82) is 0 Å². The van der Waals surface area contributed by atoms with Crippen LogP contribution in [0.25, 0.3) is 10.9 Å². The summed E-state index contributed by atoms with van der Waals surface area (Å²) in [7, 11) is 0. The summed E-state index contributed by atoms with van der Waals surface area (Å²) >= 11 is 0. The van der Waals surface area contributed by atoms with Gasteiger partial charge in [-0.3, -0.25) is 14.4 Å². The van der Waals surface area contributed by atoms with E-state index in [0.29, 0.717) is 18.5 Å². The molecule has 3 rings (SSSR count). The van der Waals surface area contributed by atoms with Crippen LogP contribution in [0, 0.1) is 11.8 Å². The molecule has 0 radical (unpaired) electrons. The molecule has 0 bridgehead atoms. The van der Waals surface area contributed by atoms with Gasteiger partial charge in [-0.15, -0.1) is 0 Å². The third-order valence-electron chi connectivity index (χ3n) is 7.18. The lowest BCUT2D eigenvalue weighted by Gasteiger charge is -2.28. The normalized spacial score (nSPS) is 15.1. The number of amides is 3.